The fraction of sp³-hybridized carbons (Fsp3) is 0.846. The predicted molar refractivity (Wildman–Crippen MR) is 70.8 cm³/mol. The van der Waals surface area contributed by atoms with Gasteiger partial charge in [-0.3, -0.25) is 0 Å². The third-order valence-electron chi connectivity index (χ3n) is 2.93. The third-order valence-corrected chi connectivity index (χ3v) is 3.76. The Bertz CT molecular complexity index is 188. The topological polar surface area (TPSA) is 18.5 Å². The van der Waals surface area contributed by atoms with Crippen LogP contribution in [0.4, 0.5) is 0 Å². The molecule has 3 heteroatoms. The van der Waals surface area contributed by atoms with Crippen molar-refractivity contribution in [2.45, 2.75) is 64.6 Å². The fourth-order valence-electron chi connectivity index (χ4n) is 2.00. The van der Waals surface area contributed by atoms with Crippen molar-refractivity contribution in [1.82, 2.24) is 0 Å². The van der Waals surface area contributed by atoms with Gasteiger partial charge < -0.3 is 9.05 Å². The van der Waals surface area contributed by atoms with E-state index in [4.69, 9.17) is 9.05 Å². The summed E-state index contributed by atoms with van der Waals surface area (Å²) in [6.07, 6.45) is 9.92. The third kappa shape index (κ3) is 5.98. The van der Waals surface area contributed by atoms with E-state index in [0.29, 0.717) is 12.0 Å². The Balaban J connectivity index is 2.09. The first-order chi connectivity index (χ1) is 7.72. The quantitative estimate of drug-likeness (QED) is 0.486. The lowest BCUT2D eigenvalue weighted by Gasteiger charge is -2.23. The molecule has 0 aliphatic heterocycles. The van der Waals surface area contributed by atoms with E-state index in [1.807, 2.05) is 6.08 Å². The van der Waals surface area contributed by atoms with Crippen molar-refractivity contribution in [2.75, 3.05) is 0 Å². The lowest BCUT2D eigenvalue weighted by molar-refractivity contribution is 0.136. The molecule has 0 radical (unpaired) electrons. The van der Waals surface area contributed by atoms with Crippen molar-refractivity contribution in [2.24, 2.45) is 5.92 Å². The molecular weight excluding hydrogens is 219 g/mol. The Kier molecular flexibility index (Phi) is 7.27. The van der Waals surface area contributed by atoms with E-state index < -0.39 is 0 Å². The average Bonchev–Trinajstić information content (AvgIpc) is 2.28. The second-order valence-electron chi connectivity index (χ2n) is 4.98. The Morgan fingerprint density at radius 1 is 1.31 bits per heavy atom. The molecule has 2 nitrogen and oxygen atoms in total. The van der Waals surface area contributed by atoms with Crippen molar-refractivity contribution in [3.63, 3.8) is 0 Å². The molecule has 0 aromatic heterocycles. The highest BCUT2D eigenvalue weighted by Crippen LogP contribution is 2.29. The fourth-order valence-corrected chi connectivity index (χ4v) is 2.74. The van der Waals surface area contributed by atoms with Gasteiger partial charge in [-0.1, -0.05) is 39.2 Å². The summed E-state index contributed by atoms with van der Waals surface area (Å²) in [5, 5.41) is 0. The summed E-state index contributed by atoms with van der Waals surface area (Å²) in [5.41, 5.74) is 0. The molecule has 0 bridgehead atoms. The maximum atomic E-state index is 5.75. The van der Waals surface area contributed by atoms with Gasteiger partial charge in [0.05, 0.1) is 12.2 Å². The average molecular weight is 244 g/mol. The van der Waals surface area contributed by atoms with Crippen LogP contribution in [-0.4, -0.2) is 12.2 Å². The second kappa shape index (κ2) is 8.22. The van der Waals surface area contributed by atoms with E-state index in [1.54, 1.807) is 0 Å². The van der Waals surface area contributed by atoms with Gasteiger partial charge in [0.15, 0.2) is 9.03 Å². The zero-order valence-electron chi connectivity index (χ0n) is 10.6. The summed E-state index contributed by atoms with van der Waals surface area (Å²) in [6, 6.07) is 0. The van der Waals surface area contributed by atoms with Gasteiger partial charge in [0, 0.05) is 0 Å². The maximum absolute atomic E-state index is 5.75. The van der Waals surface area contributed by atoms with Crippen LogP contribution in [-0.2, 0) is 9.05 Å². The van der Waals surface area contributed by atoms with Gasteiger partial charge in [0.1, 0.15) is 0 Å². The second-order valence-corrected chi connectivity index (χ2v) is 5.62. The molecule has 0 spiro atoms. The predicted octanol–water partition coefficient (Wildman–Crippen LogP) is 4.46. The molecule has 0 saturated heterocycles. The molecular formula is C13H25O2P. The van der Waals surface area contributed by atoms with Gasteiger partial charge >= 0.3 is 0 Å². The molecule has 0 heterocycles. The molecule has 2 unspecified atom stereocenters. The lowest BCUT2D eigenvalue weighted by Crippen LogP contribution is -2.14. The molecule has 1 rings (SSSR count). The van der Waals surface area contributed by atoms with Gasteiger partial charge in [0.25, 0.3) is 0 Å². The molecule has 16 heavy (non-hydrogen) atoms. The molecule has 0 N–H and O–H groups in total. The van der Waals surface area contributed by atoms with Crippen LogP contribution >= 0.6 is 9.03 Å². The standard InChI is InChI=1S/C13H25O2P/c1-4-12(10-11(2)3)14-16-15-13-8-6-5-7-9-13/h4,11-13,16H,1,5-10H2,2-3H3. The summed E-state index contributed by atoms with van der Waals surface area (Å²) in [6.45, 7) is 8.20. The molecule has 0 amide bonds. The van der Waals surface area contributed by atoms with Crippen LogP contribution in [0.5, 0.6) is 0 Å². The highest BCUT2D eigenvalue weighted by atomic mass is 31.1. The SMILES string of the molecule is C=CC(CC(C)C)OPOC1CCCCC1. The van der Waals surface area contributed by atoms with Crippen molar-refractivity contribution in [1.29, 1.82) is 0 Å². The van der Waals surface area contributed by atoms with Gasteiger partial charge in [-0.05, 0) is 25.2 Å². The minimum Gasteiger partial charge on any atom is -0.333 e. The normalized spacial score (nSPS) is 20.7. The van der Waals surface area contributed by atoms with E-state index in [1.165, 1.54) is 32.1 Å². The lowest BCUT2D eigenvalue weighted by atomic mass is 9.98. The Morgan fingerprint density at radius 2 is 2.00 bits per heavy atom. The van der Waals surface area contributed by atoms with Crippen LogP contribution < -0.4 is 0 Å². The van der Waals surface area contributed by atoms with Crippen molar-refractivity contribution in [3.8, 4) is 0 Å². The Labute approximate surface area is 102 Å². The molecule has 94 valence electrons. The van der Waals surface area contributed by atoms with E-state index in [9.17, 15) is 0 Å². The first-order valence-electron chi connectivity index (χ1n) is 6.41. The van der Waals surface area contributed by atoms with E-state index >= 15 is 0 Å². The number of rotatable bonds is 7. The molecule has 1 saturated carbocycles. The molecule has 0 aromatic carbocycles. The minimum absolute atomic E-state index is 0.155. The summed E-state index contributed by atoms with van der Waals surface area (Å²) >= 11 is 0. The van der Waals surface area contributed by atoms with E-state index in [2.05, 4.69) is 20.4 Å². The van der Waals surface area contributed by atoms with E-state index in [0.717, 1.165) is 6.42 Å². The highest BCUT2D eigenvalue weighted by molar-refractivity contribution is 7.26. The first kappa shape index (κ1) is 14.2. The van der Waals surface area contributed by atoms with Crippen LogP contribution in [0.1, 0.15) is 52.4 Å². The van der Waals surface area contributed by atoms with Crippen LogP contribution in [0.2, 0.25) is 0 Å². The molecule has 1 aliphatic rings. The summed E-state index contributed by atoms with van der Waals surface area (Å²) in [4.78, 5) is 0. The molecule has 1 aliphatic carbocycles. The monoisotopic (exact) mass is 244 g/mol. The summed E-state index contributed by atoms with van der Waals surface area (Å²) < 4.78 is 11.4. The highest BCUT2D eigenvalue weighted by Gasteiger charge is 2.15. The minimum atomic E-state index is 0.155. The van der Waals surface area contributed by atoms with Crippen molar-refractivity contribution < 1.29 is 9.05 Å². The van der Waals surface area contributed by atoms with Gasteiger partial charge in [0.2, 0.25) is 0 Å². The molecule has 1 fully saturated rings. The van der Waals surface area contributed by atoms with Gasteiger partial charge in [-0.2, -0.15) is 0 Å². The Hall–Kier alpha value is 0.0900. The largest absolute Gasteiger partial charge is 0.333 e. The number of hydrogen-bond acceptors (Lipinski definition) is 2. The summed E-state index contributed by atoms with van der Waals surface area (Å²) in [5.74, 6) is 0.641. The smallest absolute Gasteiger partial charge is 0.155 e. The number of hydrogen-bond donors (Lipinski definition) is 0. The Morgan fingerprint density at radius 3 is 2.56 bits per heavy atom. The van der Waals surface area contributed by atoms with Crippen molar-refractivity contribution >= 4 is 9.03 Å². The van der Waals surface area contributed by atoms with Gasteiger partial charge in [-0.15, -0.1) is 6.58 Å². The molecule has 2 atom stereocenters. The van der Waals surface area contributed by atoms with Crippen LogP contribution in [0.3, 0.4) is 0 Å². The van der Waals surface area contributed by atoms with Crippen LogP contribution in [0.15, 0.2) is 12.7 Å². The van der Waals surface area contributed by atoms with Gasteiger partial charge in [-0.25, -0.2) is 0 Å². The van der Waals surface area contributed by atoms with Crippen LogP contribution in [0, 0.1) is 5.92 Å². The first-order valence-corrected chi connectivity index (χ1v) is 7.23. The zero-order valence-corrected chi connectivity index (χ0v) is 11.6. The zero-order chi connectivity index (χ0) is 11.8. The van der Waals surface area contributed by atoms with E-state index in [-0.39, 0.29) is 15.1 Å². The van der Waals surface area contributed by atoms with Crippen LogP contribution in [0.25, 0.3) is 0 Å². The molecule has 0 aromatic rings. The maximum Gasteiger partial charge on any atom is 0.155 e. The summed E-state index contributed by atoms with van der Waals surface area (Å²) in [7, 11) is 0.179. The van der Waals surface area contributed by atoms with Crippen molar-refractivity contribution in [3.05, 3.63) is 12.7 Å².